The third-order valence-electron chi connectivity index (χ3n) is 4.75. The lowest BCUT2D eigenvalue weighted by atomic mass is 10.1. The van der Waals surface area contributed by atoms with Gasteiger partial charge in [-0.2, -0.15) is 0 Å². The van der Waals surface area contributed by atoms with Gasteiger partial charge < -0.3 is 19.7 Å². The lowest BCUT2D eigenvalue weighted by Gasteiger charge is -2.04. The maximum Gasteiger partial charge on any atom is 0.308 e. The molecule has 0 spiro atoms. The number of carbonyl (C=O) groups excluding carboxylic acids is 3. The number of halogens is 4. The Labute approximate surface area is 264 Å². The Hall–Kier alpha value is -3.75. The average Bonchev–Trinajstić information content (AvgIpc) is 2.89. The molecular formula is C31H28Cl4O7. The Morgan fingerprint density at radius 3 is 1.55 bits per heavy atom. The molecule has 0 amide bonds. The van der Waals surface area contributed by atoms with Crippen LogP contribution in [-0.2, 0) is 4.79 Å². The molecule has 0 aliphatic carbocycles. The predicted octanol–water partition coefficient (Wildman–Crippen LogP) is 9.11. The molecule has 0 bridgehead atoms. The molecule has 4 aromatic carbocycles. The number of aromatic hydroxyl groups is 2. The summed E-state index contributed by atoms with van der Waals surface area (Å²) in [5.74, 6) is 0.609. The zero-order valence-electron chi connectivity index (χ0n) is 23.0. The van der Waals surface area contributed by atoms with Crippen molar-refractivity contribution in [2.75, 3.05) is 7.11 Å². The van der Waals surface area contributed by atoms with Gasteiger partial charge in [-0.15, -0.1) is 0 Å². The van der Waals surface area contributed by atoms with Gasteiger partial charge >= 0.3 is 5.97 Å². The van der Waals surface area contributed by atoms with Gasteiger partial charge in [0.2, 0.25) is 0 Å². The highest BCUT2D eigenvalue weighted by Gasteiger charge is 2.07. The number of hydrogen-bond acceptors (Lipinski definition) is 7. The topological polar surface area (TPSA) is 110 Å². The number of ketones is 2. The van der Waals surface area contributed by atoms with E-state index in [0.717, 1.165) is 0 Å². The van der Waals surface area contributed by atoms with Gasteiger partial charge in [-0.25, -0.2) is 0 Å². The molecule has 2 N–H and O–H groups in total. The first-order valence-corrected chi connectivity index (χ1v) is 13.5. The van der Waals surface area contributed by atoms with E-state index in [4.69, 9.17) is 66.1 Å². The molecule has 0 aromatic heterocycles. The molecule has 0 aliphatic rings. The van der Waals surface area contributed by atoms with E-state index in [1.54, 1.807) is 66.7 Å². The number of hydrogen-bond donors (Lipinski definition) is 2. The van der Waals surface area contributed by atoms with Gasteiger partial charge in [-0.05, 0) is 86.6 Å². The van der Waals surface area contributed by atoms with E-state index >= 15 is 0 Å². The molecule has 0 heterocycles. The molecular weight excluding hydrogens is 626 g/mol. The normalized spacial score (nSPS) is 9.43. The minimum atomic E-state index is -0.340. The Morgan fingerprint density at radius 1 is 0.619 bits per heavy atom. The van der Waals surface area contributed by atoms with Crippen molar-refractivity contribution in [3.05, 3.63) is 116 Å². The fraction of sp³-hybridized carbons (Fsp3) is 0.129. The van der Waals surface area contributed by atoms with Crippen LogP contribution in [-0.4, -0.2) is 34.9 Å². The van der Waals surface area contributed by atoms with Crippen LogP contribution in [0, 0.1) is 0 Å². The monoisotopic (exact) mass is 652 g/mol. The standard InChI is InChI=1S/C9H9ClO2.2C8H7ClO2.C6H5ClO/c1-6(11)8-4-3-7(10)5-9(8)12-2;1-5(10)7-3-2-6(9)4-8(7)11;1-6(10)11-8-4-2-3-7(9)5-8;7-5-2-1-3-6(8)4-5/h3-5H,1-2H3;2-4,11H,1H3;2-5H,1H3;1-4,8H. The molecule has 42 heavy (non-hydrogen) atoms. The molecule has 222 valence electrons. The first-order chi connectivity index (χ1) is 19.7. The second-order valence-electron chi connectivity index (χ2n) is 8.15. The van der Waals surface area contributed by atoms with Crippen molar-refractivity contribution in [2.24, 2.45) is 0 Å². The fourth-order valence-electron chi connectivity index (χ4n) is 2.93. The number of ether oxygens (including phenoxy) is 2. The van der Waals surface area contributed by atoms with E-state index in [2.05, 4.69) is 0 Å². The summed E-state index contributed by atoms with van der Waals surface area (Å²) in [5.41, 5.74) is 0.858. The van der Waals surface area contributed by atoms with Gasteiger partial charge in [0.1, 0.15) is 23.0 Å². The van der Waals surface area contributed by atoms with Gasteiger partial charge in [0.25, 0.3) is 0 Å². The maximum absolute atomic E-state index is 11.0. The van der Waals surface area contributed by atoms with E-state index in [-0.39, 0.29) is 29.0 Å². The predicted molar refractivity (Wildman–Crippen MR) is 167 cm³/mol. The number of benzene rings is 4. The van der Waals surface area contributed by atoms with Crippen molar-refractivity contribution in [2.45, 2.75) is 20.8 Å². The number of esters is 1. The molecule has 7 nitrogen and oxygen atoms in total. The highest BCUT2D eigenvalue weighted by molar-refractivity contribution is 6.31. The molecule has 0 saturated carbocycles. The van der Waals surface area contributed by atoms with Crippen LogP contribution < -0.4 is 9.47 Å². The number of phenols is 2. The summed E-state index contributed by atoms with van der Waals surface area (Å²) in [7, 11) is 1.51. The Balaban J connectivity index is 0.000000282. The van der Waals surface area contributed by atoms with Crippen LogP contribution in [0.15, 0.2) is 84.9 Å². The van der Waals surface area contributed by atoms with E-state index in [1.807, 2.05) is 0 Å². The van der Waals surface area contributed by atoms with Crippen molar-refractivity contribution < 1.29 is 34.1 Å². The summed E-state index contributed by atoms with van der Waals surface area (Å²) in [6.45, 7) is 4.23. The summed E-state index contributed by atoms with van der Waals surface area (Å²) < 4.78 is 9.75. The largest absolute Gasteiger partial charge is 0.508 e. The summed E-state index contributed by atoms with van der Waals surface area (Å²) in [6.07, 6.45) is 0. The highest BCUT2D eigenvalue weighted by Crippen LogP contribution is 2.23. The van der Waals surface area contributed by atoms with E-state index < -0.39 is 0 Å². The van der Waals surface area contributed by atoms with Crippen LogP contribution in [0.25, 0.3) is 0 Å². The number of phenolic OH excluding ortho intramolecular Hbond substituents is 2. The molecule has 0 unspecified atom stereocenters. The summed E-state index contributed by atoms with van der Waals surface area (Å²) in [4.78, 5) is 32.2. The van der Waals surface area contributed by atoms with Crippen molar-refractivity contribution in [3.8, 4) is 23.0 Å². The van der Waals surface area contributed by atoms with Crippen molar-refractivity contribution in [1.29, 1.82) is 0 Å². The van der Waals surface area contributed by atoms with Crippen LogP contribution in [0.1, 0.15) is 41.5 Å². The molecule has 0 radical (unpaired) electrons. The van der Waals surface area contributed by atoms with Gasteiger partial charge in [-0.3, -0.25) is 14.4 Å². The van der Waals surface area contributed by atoms with Gasteiger partial charge in [0.15, 0.2) is 11.6 Å². The van der Waals surface area contributed by atoms with Crippen LogP contribution >= 0.6 is 46.4 Å². The molecule has 0 atom stereocenters. The number of methoxy groups -OCH3 is 1. The minimum absolute atomic E-state index is 0.0245. The third-order valence-corrected chi connectivity index (χ3v) is 5.69. The van der Waals surface area contributed by atoms with Crippen molar-refractivity contribution in [3.63, 3.8) is 0 Å². The average molecular weight is 654 g/mol. The smallest absolute Gasteiger partial charge is 0.308 e. The number of carbonyl (C=O) groups is 3. The van der Waals surface area contributed by atoms with Crippen molar-refractivity contribution >= 4 is 63.9 Å². The zero-order chi connectivity index (χ0) is 31.8. The molecule has 0 aliphatic heterocycles. The SMILES string of the molecule is CC(=O)Oc1cccc(Cl)c1.CC(=O)c1ccc(Cl)cc1O.COc1cc(Cl)ccc1C(C)=O.Oc1cccc(Cl)c1. The van der Waals surface area contributed by atoms with Crippen LogP contribution in [0.3, 0.4) is 0 Å². The minimum Gasteiger partial charge on any atom is -0.508 e. The quantitative estimate of drug-likeness (QED) is 0.128. The lowest BCUT2D eigenvalue weighted by Crippen LogP contribution is -2.00. The number of rotatable bonds is 4. The molecule has 11 heteroatoms. The second kappa shape index (κ2) is 18.6. The van der Waals surface area contributed by atoms with Crippen LogP contribution in [0.5, 0.6) is 23.0 Å². The molecule has 0 saturated heterocycles. The summed E-state index contributed by atoms with van der Waals surface area (Å²) in [5, 5.41) is 20.0. The Kier molecular flexibility index (Phi) is 16.1. The number of Topliss-reactive ketones (excluding diaryl/α,β-unsaturated/α-hetero) is 2. The van der Waals surface area contributed by atoms with Crippen molar-refractivity contribution in [1.82, 2.24) is 0 Å². The third kappa shape index (κ3) is 14.2. The van der Waals surface area contributed by atoms with Gasteiger partial charge in [0, 0.05) is 27.0 Å². The Morgan fingerprint density at radius 2 is 1.12 bits per heavy atom. The van der Waals surface area contributed by atoms with E-state index in [9.17, 15) is 14.4 Å². The first-order valence-electron chi connectivity index (χ1n) is 12.0. The van der Waals surface area contributed by atoms with E-state index in [1.165, 1.54) is 46.1 Å². The van der Waals surface area contributed by atoms with Gasteiger partial charge in [0.05, 0.1) is 18.2 Å². The molecule has 0 fully saturated rings. The zero-order valence-corrected chi connectivity index (χ0v) is 26.1. The molecule has 4 aromatic rings. The second-order valence-corrected chi connectivity index (χ2v) is 9.90. The van der Waals surface area contributed by atoms with Crippen LogP contribution in [0.2, 0.25) is 20.1 Å². The highest BCUT2D eigenvalue weighted by atomic mass is 35.5. The summed E-state index contributed by atoms with van der Waals surface area (Å²) in [6, 6.07) is 22.5. The molecule has 4 rings (SSSR count). The van der Waals surface area contributed by atoms with Crippen LogP contribution in [0.4, 0.5) is 0 Å². The first kappa shape index (κ1) is 36.3. The van der Waals surface area contributed by atoms with E-state index in [0.29, 0.717) is 42.7 Å². The van der Waals surface area contributed by atoms with Gasteiger partial charge in [-0.1, -0.05) is 58.5 Å². The summed E-state index contributed by atoms with van der Waals surface area (Å²) >= 11 is 22.4. The maximum atomic E-state index is 11.0. The Bertz CT molecular complexity index is 1490. The lowest BCUT2D eigenvalue weighted by molar-refractivity contribution is -0.131. The fourth-order valence-corrected chi connectivity index (χ4v) is 3.62.